The van der Waals surface area contributed by atoms with Crippen molar-refractivity contribution >= 4 is 11.6 Å². The average molecular weight is 268 g/mol. The summed E-state index contributed by atoms with van der Waals surface area (Å²) in [5, 5.41) is 4.03. The molecule has 0 saturated carbocycles. The lowest BCUT2D eigenvalue weighted by Crippen LogP contribution is -2.13. The van der Waals surface area contributed by atoms with Crippen LogP contribution < -0.4 is 0 Å². The van der Waals surface area contributed by atoms with Gasteiger partial charge in [0.15, 0.2) is 0 Å². The fraction of sp³-hybridized carbons (Fsp3) is 0.385. The Kier molecular flexibility index (Phi) is 4.31. The van der Waals surface area contributed by atoms with E-state index < -0.39 is 0 Å². The normalized spacial score (nSPS) is 12.6. The Labute approximate surface area is 111 Å². The van der Waals surface area contributed by atoms with Gasteiger partial charge in [-0.1, -0.05) is 12.1 Å². The summed E-state index contributed by atoms with van der Waals surface area (Å²) in [6.45, 7) is 0. The molecule has 2 aromatic rings. The lowest BCUT2D eigenvalue weighted by atomic mass is 9.97. The maximum absolute atomic E-state index is 13.1. The zero-order chi connectivity index (χ0) is 13.0. The molecule has 0 N–H and O–H groups in total. The topological polar surface area (TPSA) is 30.7 Å². The smallest absolute Gasteiger partial charge is 0.138 e. The Morgan fingerprint density at radius 1 is 1.39 bits per heavy atom. The van der Waals surface area contributed by atoms with Gasteiger partial charge in [0.2, 0.25) is 0 Å². The van der Waals surface area contributed by atoms with Gasteiger partial charge in [-0.15, -0.1) is 11.6 Å². The molecule has 1 atom stereocenters. The van der Waals surface area contributed by atoms with E-state index in [4.69, 9.17) is 11.6 Å². The van der Waals surface area contributed by atoms with Crippen LogP contribution in [-0.4, -0.2) is 20.6 Å². The number of aryl methyl sites for hydroxylation is 1. The van der Waals surface area contributed by atoms with Crippen molar-refractivity contribution in [3.63, 3.8) is 0 Å². The molecule has 0 fully saturated rings. The van der Waals surface area contributed by atoms with E-state index in [2.05, 4.69) is 10.1 Å². The number of hydrogen-bond acceptors (Lipinski definition) is 2. The van der Waals surface area contributed by atoms with E-state index in [9.17, 15) is 4.39 Å². The van der Waals surface area contributed by atoms with Gasteiger partial charge in [0, 0.05) is 19.3 Å². The Hall–Kier alpha value is -1.42. The molecule has 5 heteroatoms. The van der Waals surface area contributed by atoms with Gasteiger partial charge in [0.05, 0.1) is 0 Å². The van der Waals surface area contributed by atoms with Crippen LogP contribution in [0.5, 0.6) is 0 Å². The Bertz CT molecular complexity index is 512. The molecular formula is C13H15ClFN3. The number of alkyl halides is 1. The molecule has 0 bridgehead atoms. The first kappa shape index (κ1) is 13.0. The van der Waals surface area contributed by atoms with Crippen LogP contribution in [0.4, 0.5) is 4.39 Å². The summed E-state index contributed by atoms with van der Waals surface area (Å²) in [5.41, 5.74) is 0.961. The number of halogens is 2. The number of benzene rings is 1. The summed E-state index contributed by atoms with van der Waals surface area (Å²) in [5.74, 6) is 1.44. The van der Waals surface area contributed by atoms with Crippen molar-refractivity contribution in [2.45, 2.75) is 12.8 Å². The molecule has 0 aliphatic heterocycles. The van der Waals surface area contributed by atoms with E-state index in [-0.39, 0.29) is 11.7 Å². The van der Waals surface area contributed by atoms with Gasteiger partial charge < -0.3 is 0 Å². The maximum Gasteiger partial charge on any atom is 0.138 e. The van der Waals surface area contributed by atoms with E-state index in [1.165, 1.54) is 12.4 Å². The molecule has 96 valence electrons. The summed E-state index contributed by atoms with van der Waals surface area (Å²) in [4.78, 5) is 4.18. The molecule has 3 nitrogen and oxygen atoms in total. The Morgan fingerprint density at radius 3 is 2.83 bits per heavy atom. The third kappa shape index (κ3) is 3.29. The highest BCUT2D eigenvalue weighted by Gasteiger charge is 2.13. The molecule has 1 unspecified atom stereocenters. The first-order valence-corrected chi connectivity index (χ1v) is 6.35. The largest absolute Gasteiger partial charge is 0.253 e. The molecule has 0 saturated heterocycles. The van der Waals surface area contributed by atoms with E-state index in [0.717, 1.165) is 24.2 Å². The van der Waals surface area contributed by atoms with Crippen molar-refractivity contribution in [2.75, 3.05) is 5.88 Å². The van der Waals surface area contributed by atoms with Crippen LogP contribution in [0.2, 0.25) is 0 Å². The SMILES string of the molecule is Cn1ncnc1CC(CCl)Cc1cccc(F)c1. The summed E-state index contributed by atoms with van der Waals surface area (Å²) in [6, 6.07) is 6.63. The second kappa shape index (κ2) is 5.96. The summed E-state index contributed by atoms with van der Waals surface area (Å²) in [7, 11) is 1.86. The molecule has 0 radical (unpaired) electrons. The first-order valence-electron chi connectivity index (χ1n) is 5.82. The quantitative estimate of drug-likeness (QED) is 0.780. The third-order valence-corrected chi connectivity index (χ3v) is 3.34. The van der Waals surface area contributed by atoms with E-state index >= 15 is 0 Å². The monoisotopic (exact) mass is 267 g/mol. The van der Waals surface area contributed by atoms with Gasteiger partial charge in [0.25, 0.3) is 0 Å². The minimum atomic E-state index is -0.209. The lowest BCUT2D eigenvalue weighted by Gasteiger charge is -2.13. The van der Waals surface area contributed by atoms with Crippen LogP contribution in [0.1, 0.15) is 11.4 Å². The predicted molar refractivity (Wildman–Crippen MR) is 69.0 cm³/mol. The summed E-state index contributed by atoms with van der Waals surface area (Å²) in [6.07, 6.45) is 3.02. The molecule has 1 heterocycles. The summed E-state index contributed by atoms with van der Waals surface area (Å²) >= 11 is 5.98. The van der Waals surface area contributed by atoms with Gasteiger partial charge in [-0.25, -0.2) is 9.37 Å². The Balaban J connectivity index is 2.04. The molecule has 0 aliphatic rings. The van der Waals surface area contributed by atoms with Crippen molar-refractivity contribution in [1.29, 1.82) is 0 Å². The fourth-order valence-electron chi connectivity index (χ4n) is 1.94. The van der Waals surface area contributed by atoms with Gasteiger partial charge in [-0.05, 0) is 30.0 Å². The van der Waals surface area contributed by atoms with E-state index in [1.807, 2.05) is 13.1 Å². The van der Waals surface area contributed by atoms with Crippen molar-refractivity contribution in [2.24, 2.45) is 13.0 Å². The van der Waals surface area contributed by atoms with Gasteiger partial charge in [0.1, 0.15) is 18.0 Å². The molecule has 2 rings (SSSR count). The fourth-order valence-corrected chi connectivity index (χ4v) is 2.16. The highest BCUT2D eigenvalue weighted by Crippen LogP contribution is 2.15. The van der Waals surface area contributed by atoms with Gasteiger partial charge in [-0.3, -0.25) is 4.68 Å². The summed E-state index contributed by atoms with van der Waals surface area (Å²) < 4.78 is 14.8. The van der Waals surface area contributed by atoms with Gasteiger partial charge >= 0.3 is 0 Å². The molecule has 1 aromatic heterocycles. The van der Waals surface area contributed by atoms with E-state index in [1.54, 1.807) is 16.8 Å². The van der Waals surface area contributed by atoms with Crippen molar-refractivity contribution < 1.29 is 4.39 Å². The van der Waals surface area contributed by atoms with Crippen LogP contribution in [-0.2, 0) is 19.9 Å². The standard InChI is InChI=1S/C13H15ClFN3/c1-18-13(16-9-17-18)7-11(8-14)5-10-3-2-4-12(15)6-10/h2-4,6,9,11H,5,7-8H2,1H3. The number of hydrogen-bond donors (Lipinski definition) is 0. The van der Waals surface area contributed by atoms with Crippen LogP contribution in [0.15, 0.2) is 30.6 Å². The predicted octanol–water partition coefficient (Wildman–Crippen LogP) is 2.59. The molecule has 1 aromatic carbocycles. The Morgan fingerprint density at radius 2 is 2.22 bits per heavy atom. The highest BCUT2D eigenvalue weighted by molar-refractivity contribution is 6.18. The third-order valence-electron chi connectivity index (χ3n) is 2.91. The van der Waals surface area contributed by atoms with Crippen molar-refractivity contribution in [3.8, 4) is 0 Å². The second-order valence-corrected chi connectivity index (χ2v) is 4.67. The van der Waals surface area contributed by atoms with Crippen molar-refractivity contribution in [3.05, 3.63) is 47.8 Å². The molecule has 0 aliphatic carbocycles. The van der Waals surface area contributed by atoms with Crippen LogP contribution >= 0.6 is 11.6 Å². The van der Waals surface area contributed by atoms with Crippen molar-refractivity contribution in [1.82, 2.24) is 14.8 Å². The zero-order valence-electron chi connectivity index (χ0n) is 10.2. The second-order valence-electron chi connectivity index (χ2n) is 4.36. The van der Waals surface area contributed by atoms with Gasteiger partial charge in [-0.2, -0.15) is 5.10 Å². The van der Waals surface area contributed by atoms with Crippen LogP contribution in [0, 0.1) is 11.7 Å². The lowest BCUT2D eigenvalue weighted by molar-refractivity contribution is 0.539. The molecular weight excluding hydrogens is 253 g/mol. The van der Waals surface area contributed by atoms with E-state index in [0.29, 0.717) is 5.88 Å². The van der Waals surface area contributed by atoms with Crippen LogP contribution in [0.25, 0.3) is 0 Å². The maximum atomic E-state index is 13.1. The average Bonchev–Trinajstić information content (AvgIpc) is 2.74. The zero-order valence-corrected chi connectivity index (χ0v) is 10.9. The minimum absolute atomic E-state index is 0.209. The number of aromatic nitrogens is 3. The first-order chi connectivity index (χ1) is 8.69. The highest BCUT2D eigenvalue weighted by atomic mass is 35.5. The molecule has 0 amide bonds. The van der Waals surface area contributed by atoms with Crippen LogP contribution in [0.3, 0.4) is 0 Å². The minimum Gasteiger partial charge on any atom is -0.253 e. The number of rotatable bonds is 5. The number of nitrogens with zero attached hydrogens (tertiary/aromatic N) is 3. The molecule has 18 heavy (non-hydrogen) atoms. The molecule has 0 spiro atoms.